The number of carbonyl (C=O) groups excluding carboxylic acids is 2. The molecule has 3 fully saturated rings. The molecule has 0 aromatic carbocycles. The van der Waals surface area contributed by atoms with Crippen LogP contribution in [0.5, 0.6) is 0 Å². The Labute approximate surface area is 137 Å². The number of amides is 2. The van der Waals surface area contributed by atoms with Crippen molar-refractivity contribution in [2.24, 2.45) is 11.7 Å². The topological polar surface area (TPSA) is 66.6 Å². The van der Waals surface area contributed by atoms with Crippen LogP contribution >= 0.6 is 11.8 Å². The van der Waals surface area contributed by atoms with Crippen molar-refractivity contribution < 1.29 is 9.59 Å². The van der Waals surface area contributed by atoms with Crippen LogP contribution < -0.4 is 5.73 Å². The lowest BCUT2D eigenvalue weighted by Crippen LogP contribution is -2.50. The van der Waals surface area contributed by atoms with Crippen LogP contribution in [0.1, 0.15) is 38.5 Å². The summed E-state index contributed by atoms with van der Waals surface area (Å²) in [7, 11) is 0. The summed E-state index contributed by atoms with van der Waals surface area (Å²) in [5.74, 6) is 2.66. The van der Waals surface area contributed by atoms with Gasteiger partial charge in [-0.05, 0) is 31.6 Å². The van der Waals surface area contributed by atoms with Crippen LogP contribution in [-0.4, -0.2) is 64.8 Å². The lowest BCUT2D eigenvalue weighted by Gasteiger charge is -2.33. The van der Waals surface area contributed by atoms with Gasteiger partial charge in [0.05, 0.1) is 0 Å². The minimum absolute atomic E-state index is 0.143. The molecular weight excluding hydrogens is 298 g/mol. The largest absolute Gasteiger partial charge is 0.339 e. The number of thioether (sulfide) groups is 1. The van der Waals surface area contributed by atoms with E-state index in [-0.39, 0.29) is 23.9 Å². The van der Waals surface area contributed by atoms with Crippen LogP contribution in [0.4, 0.5) is 0 Å². The number of nitrogens with two attached hydrogens (primary N) is 1. The number of likely N-dealkylation sites (tertiary alicyclic amines) is 1. The van der Waals surface area contributed by atoms with Crippen LogP contribution in [0.25, 0.3) is 0 Å². The molecule has 22 heavy (non-hydrogen) atoms. The fraction of sp³-hybridized carbons (Fsp3) is 0.875. The summed E-state index contributed by atoms with van der Waals surface area (Å²) < 4.78 is 0. The molecule has 6 heteroatoms. The van der Waals surface area contributed by atoms with Crippen LogP contribution in [0.3, 0.4) is 0 Å². The Balaban J connectivity index is 1.59. The molecule has 1 saturated carbocycles. The lowest BCUT2D eigenvalue weighted by molar-refractivity contribution is -0.144. The molecular formula is C16H27N3O2S. The van der Waals surface area contributed by atoms with Crippen LogP contribution in [-0.2, 0) is 9.59 Å². The average Bonchev–Trinajstić information content (AvgIpc) is 3.17. The second kappa shape index (κ2) is 7.21. The third-order valence-corrected chi connectivity index (χ3v) is 6.28. The summed E-state index contributed by atoms with van der Waals surface area (Å²) in [6.07, 6.45) is 5.52. The van der Waals surface area contributed by atoms with Crippen LogP contribution in [0.2, 0.25) is 0 Å². The Bertz CT molecular complexity index is 426. The maximum absolute atomic E-state index is 12.7. The van der Waals surface area contributed by atoms with E-state index in [1.165, 1.54) is 0 Å². The van der Waals surface area contributed by atoms with Gasteiger partial charge in [0.2, 0.25) is 11.8 Å². The fourth-order valence-electron chi connectivity index (χ4n) is 3.98. The van der Waals surface area contributed by atoms with E-state index in [9.17, 15) is 9.59 Å². The van der Waals surface area contributed by atoms with Gasteiger partial charge in [-0.15, -0.1) is 0 Å². The van der Waals surface area contributed by atoms with Gasteiger partial charge < -0.3 is 15.5 Å². The fourth-order valence-corrected chi connectivity index (χ4v) is 4.88. The quantitative estimate of drug-likeness (QED) is 0.843. The predicted molar refractivity (Wildman–Crippen MR) is 88.6 cm³/mol. The highest BCUT2D eigenvalue weighted by Gasteiger charge is 2.38. The first-order valence-corrected chi connectivity index (χ1v) is 9.74. The molecule has 124 valence electrons. The average molecular weight is 325 g/mol. The first-order valence-electron chi connectivity index (χ1n) is 8.58. The zero-order chi connectivity index (χ0) is 15.5. The van der Waals surface area contributed by atoms with E-state index in [2.05, 4.69) is 0 Å². The van der Waals surface area contributed by atoms with Crippen molar-refractivity contribution in [2.75, 3.05) is 31.1 Å². The van der Waals surface area contributed by atoms with Crippen molar-refractivity contribution in [3.05, 3.63) is 0 Å². The highest BCUT2D eigenvalue weighted by atomic mass is 32.2. The highest BCUT2D eigenvalue weighted by molar-refractivity contribution is 7.99. The Morgan fingerprint density at radius 2 is 1.82 bits per heavy atom. The van der Waals surface area contributed by atoms with Crippen molar-refractivity contribution in [1.82, 2.24) is 9.80 Å². The van der Waals surface area contributed by atoms with E-state index >= 15 is 0 Å². The van der Waals surface area contributed by atoms with Gasteiger partial charge in [-0.3, -0.25) is 9.59 Å². The summed E-state index contributed by atoms with van der Waals surface area (Å²) in [4.78, 5) is 29.1. The Morgan fingerprint density at radius 1 is 1.05 bits per heavy atom. The summed E-state index contributed by atoms with van der Waals surface area (Å²) >= 11 is 1.90. The first kappa shape index (κ1) is 16.1. The third kappa shape index (κ3) is 3.43. The minimum Gasteiger partial charge on any atom is -0.339 e. The van der Waals surface area contributed by atoms with E-state index < -0.39 is 0 Å². The Morgan fingerprint density at radius 3 is 2.50 bits per heavy atom. The van der Waals surface area contributed by atoms with E-state index in [0.29, 0.717) is 12.3 Å². The molecule has 2 N–H and O–H groups in total. The standard InChI is InChI=1S/C16H27N3O2S/c17-13-4-1-3-12(13)11-15(20)19-6-2-5-14(19)16(21)18-7-9-22-10-8-18/h12-14H,1-11,17H2/t12-,13+,14?/m0/s1. The van der Waals surface area contributed by atoms with Crippen molar-refractivity contribution >= 4 is 23.6 Å². The summed E-state index contributed by atoms with van der Waals surface area (Å²) in [6.45, 7) is 2.39. The zero-order valence-corrected chi connectivity index (χ0v) is 14.0. The van der Waals surface area contributed by atoms with Crippen LogP contribution in [0.15, 0.2) is 0 Å². The van der Waals surface area contributed by atoms with Gasteiger partial charge >= 0.3 is 0 Å². The van der Waals surface area contributed by atoms with E-state index in [0.717, 1.165) is 63.2 Å². The second-order valence-corrected chi connectivity index (χ2v) is 7.97. The van der Waals surface area contributed by atoms with E-state index in [1.54, 1.807) is 0 Å². The smallest absolute Gasteiger partial charge is 0.245 e. The van der Waals surface area contributed by atoms with Crippen molar-refractivity contribution in [1.29, 1.82) is 0 Å². The van der Waals surface area contributed by atoms with Gasteiger partial charge in [-0.25, -0.2) is 0 Å². The monoisotopic (exact) mass is 325 g/mol. The molecule has 3 rings (SSSR count). The second-order valence-electron chi connectivity index (χ2n) is 6.74. The molecule has 2 saturated heterocycles. The number of hydrogen-bond acceptors (Lipinski definition) is 4. The highest BCUT2D eigenvalue weighted by Crippen LogP contribution is 2.29. The zero-order valence-electron chi connectivity index (χ0n) is 13.2. The molecule has 5 nitrogen and oxygen atoms in total. The van der Waals surface area contributed by atoms with Crippen molar-refractivity contribution in [3.8, 4) is 0 Å². The van der Waals surface area contributed by atoms with Crippen molar-refractivity contribution in [3.63, 3.8) is 0 Å². The molecule has 3 atom stereocenters. The molecule has 2 amide bonds. The third-order valence-electron chi connectivity index (χ3n) is 5.34. The van der Waals surface area contributed by atoms with Gasteiger partial charge in [0.15, 0.2) is 0 Å². The normalized spacial score (nSPS) is 32.5. The molecule has 2 aliphatic heterocycles. The molecule has 1 aliphatic carbocycles. The van der Waals surface area contributed by atoms with Crippen molar-refractivity contribution in [2.45, 2.75) is 50.6 Å². The lowest BCUT2D eigenvalue weighted by atomic mass is 9.99. The van der Waals surface area contributed by atoms with Gasteiger partial charge in [0.1, 0.15) is 6.04 Å². The molecule has 0 radical (unpaired) electrons. The number of rotatable bonds is 3. The number of carbonyl (C=O) groups is 2. The summed E-state index contributed by atoms with van der Waals surface area (Å²) in [5.41, 5.74) is 6.09. The minimum atomic E-state index is -0.215. The van der Waals surface area contributed by atoms with Gasteiger partial charge in [0, 0.05) is 43.6 Å². The first-order chi connectivity index (χ1) is 10.7. The molecule has 0 aromatic heterocycles. The maximum Gasteiger partial charge on any atom is 0.245 e. The van der Waals surface area contributed by atoms with E-state index in [1.807, 2.05) is 21.6 Å². The Kier molecular flexibility index (Phi) is 5.29. The predicted octanol–water partition coefficient (Wildman–Crippen LogP) is 1.07. The number of nitrogens with zero attached hydrogens (tertiary/aromatic N) is 2. The molecule has 3 aliphatic rings. The SMILES string of the molecule is N[C@@H]1CCC[C@H]1CC(=O)N1CCCC1C(=O)N1CCSCC1. The van der Waals surface area contributed by atoms with Gasteiger partial charge in [-0.1, -0.05) is 6.42 Å². The van der Waals surface area contributed by atoms with Gasteiger partial charge in [0.25, 0.3) is 0 Å². The van der Waals surface area contributed by atoms with E-state index in [4.69, 9.17) is 5.73 Å². The maximum atomic E-state index is 12.7. The van der Waals surface area contributed by atoms with Gasteiger partial charge in [-0.2, -0.15) is 11.8 Å². The summed E-state index contributed by atoms with van der Waals surface area (Å²) in [6, 6.07) is -0.0481. The van der Waals surface area contributed by atoms with Crippen LogP contribution in [0, 0.1) is 5.92 Å². The molecule has 2 heterocycles. The number of hydrogen-bond donors (Lipinski definition) is 1. The molecule has 0 aromatic rings. The molecule has 0 bridgehead atoms. The summed E-state index contributed by atoms with van der Waals surface area (Å²) in [5, 5.41) is 0. The molecule has 1 unspecified atom stereocenters. The Hall–Kier alpha value is -0.750. The molecule has 0 spiro atoms.